The molecule has 0 heterocycles. The molecular weight excluding hydrogens is 348 g/mol. The number of carbonyl (C=O) groups is 1. The van der Waals surface area contributed by atoms with Crippen LogP contribution in [0.15, 0.2) is 84.9 Å². The zero-order chi connectivity index (χ0) is 18.2. The Labute approximate surface area is 158 Å². The average Bonchev–Trinajstić information content (AvgIpc) is 2.69. The van der Waals surface area contributed by atoms with E-state index in [0.29, 0.717) is 10.6 Å². The van der Waals surface area contributed by atoms with Crippen LogP contribution in [0.25, 0.3) is 0 Å². The Hall–Kier alpha value is -2.46. The number of hydrogen-bond donors (Lipinski definition) is 0. The lowest BCUT2D eigenvalue weighted by molar-refractivity contribution is -0.128. The van der Waals surface area contributed by atoms with Crippen LogP contribution >= 0.6 is 11.6 Å². The van der Waals surface area contributed by atoms with Crippen LogP contribution in [0.5, 0.6) is 0 Å². The quantitative estimate of drug-likeness (QED) is 0.402. The zero-order valence-electron chi connectivity index (χ0n) is 14.2. The highest BCUT2D eigenvalue weighted by atomic mass is 35.5. The van der Waals surface area contributed by atoms with Crippen molar-refractivity contribution in [3.05, 3.63) is 107 Å². The normalized spacial score (nSPS) is 10.8. The minimum absolute atomic E-state index is 0.251. The van der Waals surface area contributed by atoms with Gasteiger partial charge in [-0.3, -0.25) is 4.79 Å². The Bertz CT molecular complexity index is 791. The van der Waals surface area contributed by atoms with Crippen LogP contribution in [0.2, 0.25) is 5.02 Å². The molecule has 3 rings (SSSR count). The molecule has 3 aromatic carbocycles. The highest BCUT2D eigenvalue weighted by molar-refractivity contribution is 6.31. The van der Waals surface area contributed by atoms with Crippen molar-refractivity contribution in [2.75, 3.05) is 0 Å². The van der Waals surface area contributed by atoms with Crippen molar-refractivity contribution >= 4 is 17.4 Å². The van der Waals surface area contributed by atoms with Crippen LogP contribution in [-0.2, 0) is 22.7 Å². The van der Waals surface area contributed by atoms with Gasteiger partial charge in [0.25, 0.3) is 0 Å². The van der Waals surface area contributed by atoms with Crippen LogP contribution < -0.4 is 0 Å². The van der Waals surface area contributed by atoms with Gasteiger partial charge in [0.15, 0.2) is 0 Å². The summed E-state index contributed by atoms with van der Waals surface area (Å²) in [5.41, 5.74) is 2.41. The number of halogens is 1. The fourth-order valence-corrected chi connectivity index (χ4v) is 2.66. The highest BCUT2D eigenvalue weighted by Crippen LogP contribution is 2.16. The van der Waals surface area contributed by atoms with Gasteiger partial charge in [-0.1, -0.05) is 84.4 Å². The van der Waals surface area contributed by atoms with E-state index in [2.05, 4.69) is 0 Å². The molecule has 0 aliphatic rings. The first-order chi connectivity index (χ1) is 12.7. The monoisotopic (exact) mass is 366 g/mol. The van der Waals surface area contributed by atoms with Crippen LogP contribution in [0.3, 0.4) is 0 Å². The molecule has 0 saturated heterocycles. The van der Waals surface area contributed by atoms with Gasteiger partial charge in [0.2, 0.25) is 12.1 Å². The fraction of sp³-hybridized carbons (Fsp3) is 0.136. The van der Waals surface area contributed by atoms with Crippen LogP contribution in [0, 0.1) is 0 Å². The van der Waals surface area contributed by atoms with Gasteiger partial charge in [-0.15, -0.1) is 0 Å². The molecule has 0 aromatic heterocycles. The second kappa shape index (κ2) is 9.30. The van der Waals surface area contributed by atoms with E-state index in [0.717, 1.165) is 11.1 Å². The molecule has 4 heteroatoms. The molecule has 0 N–H and O–H groups in total. The minimum atomic E-state index is -1.01. The van der Waals surface area contributed by atoms with Gasteiger partial charge in [-0.2, -0.15) is 0 Å². The number of ketones is 1. The molecule has 0 unspecified atom stereocenters. The molecule has 0 bridgehead atoms. The Balaban J connectivity index is 1.72. The molecule has 0 fully saturated rings. The summed E-state index contributed by atoms with van der Waals surface area (Å²) in [6.45, 7) is 0.569. The van der Waals surface area contributed by atoms with Gasteiger partial charge < -0.3 is 9.47 Å². The summed E-state index contributed by atoms with van der Waals surface area (Å²) < 4.78 is 11.6. The number of ether oxygens (including phenoxy) is 2. The average molecular weight is 367 g/mol. The van der Waals surface area contributed by atoms with Gasteiger partial charge in [-0.05, 0) is 23.3 Å². The third-order valence-electron chi connectivity index (χ3n) is 3.81. The lowest BCUT2D eigenvalue weighted by Gasteiger charge is -2.18. The van der Waals surface area contributed by atoms with E-state index in [-0.39, 0.29) is 19.0 Å². The summed E-state index contributed by atoms with van der Waals surface area (Å²) >= 11 is 6.01. The summed E-state index contributed by atoms with van der Waals surface area (Å²) in [6, 6.07) is 26.1. The minimum Gasteiger partial charge on any atom is -0.341 e. The molecular formula is C22H19ClO3. The van der Waals surface area contributed by atoms with E-state index in [1.54, 1.807) is 24.3 Å². The first-order valence-corrected chi connectivity index (χ1v) is 8.71. The molecule has 132 valence electrons. The van der Waals surface area contributed by atoms with Gasteiger partial charge in [0.05, 0.1) is 13.2 Å². The first-order valence-electron chi connectivity index (χ1n) is 8.33. The molecule has 3 nitrogen and oxygen atoms in total. The molecule has 0 spiro atoms. The number of benzene rings is 3. The number of carbonyl (C=O) groups excluding carboxylic acids is 1. The van der Waals surface area contributed by atoms with E-state index in [9.17, 15) is 4.79 Å². The predicted octanol–water partition coefficient (Wildman–Crippen LogP) is 5.28. The maximum absolute atomic E-state index is 12.8. The predicted molar refractivity (Wildman–Crippen MR) is 102 cm³/mol. The number of hydrogen-bond acceptors (Lipinski definition) is 3. The lowest BCUT2D eigenvalue weighted by atomic mass is 10.1. The fourth-order valence-electron chi connectivity index (χ4n) is 2.47. The highest BCUT2D eigenvalue weighted by Gasteiger charge is 2.22. The van der Waals surface area contributed by atoms with Crippen molar-refractivity contribution in [1.82, 2.24) is 0 Å². The summed E-state index contributed by atoms with van der Waals surface area (Å²) in [5, 5.41) is 0.501. The van der Waals surface area contributed by atoms with Gasteiger partial charge >= 0.3 is 0 Å². The molecule has 3 aromatic rings. The van der Waals surface area contributed by atoms with Crippen molar-refractivity contribution in [2.45, 2.75) is 19.5 Å². The molecule has 0 amide bonds. The first kappa shape index (κ1) is 18.3. The summed E-state index contributed by atoms with van der Waals surface area (Å²) in [7, 11) is 0. The Morgan fingerprint density at radius 3 is 1.81 bits per heavy atom. The third kappa shape index (κ3) is 5.27. The van der Waals surface area contributed by atoms with Crippen molar-refractivity contribution in [3.63, 3.8) is 0 Å². The van der Waals surface area contributed by atoms with E-state index in [4.69, 9.17) is 21.1 Å². The topological polar surface area (TPSA) is 35.5 Å². The summed E-state index contributed by atoms with van der Waals surface area (Å²) in [5.74, 6) is -0.251. The van der Waals surface area contributed by atoms with E-state index in [1.165, 1.54) is 0 Å². The molecule has 0 aliphatic carbocycles. The molecule has 0 aliphatic heterocycles. The molecule has 0 saturated carbocycles. The number of Topliss-reactive ketones (excluding diaryl/α,β-unsaturated/α-hetero) is 1. The summed E-state index contributed by atoms with van der Waals surface area (Å²) in [6.07, 6.45) is -1.01. The Morgan fingerprint density at radius 2 is 1.31 bits per heavy atom. The van der Waals surface area contributed by atoms with Gasteiger partial charge in [0.1, 0.15) is 0 Å². The van der Waals surface area contributed by atoms with Crippen molar-refractivity contribution in [1.29, 1.82) is 0 Å². The third-order valence-corrected chi connectivity index (χ3v) is 4.05. The van der Waals surface area contributed by atoms with Crippen LogP contribution in [-0.4, -0.2) is 12.1 Å². The smallest absolute Gasteiger partial charge is 0.223 e. The van der Waals surface area contributed by atoms with E-state index < -0.39 is 6.29 Å². The molecule has 0 atom stereocenters. The van der Waals surface area contributed by atoms with Gasteiger partial charge in [0, 0.05) is 10.6 Å². The SMILES string of the molecule is O=C(c1cccc(Cl)c1)C(OCc1ccccc1)OCc1ccccc1. The maximum atomic E-state index is 12.8. The Morgan fingerprint density at radius 1 is 0.769 bits per heavy atom. The van der Waals surface area contributed by atoms with Crippen molar-refractivity contribution in [2.24, 2.45) is 0 Å². The second-order valence-electron chi connectivity index (χ2n) is 5.80. The van der Waals surface area contributed by atoms with E-state index in [1.807, 2.05) is 60.7 Å². The van der Waals surface area contributed by atoms with Gasteiger partial charge in [-0.25, -0.2) is 0 Å². The van der Waals surface area contributed by atoms with E-state index >= 15 is 0 Å². The van der Waals surface area contributed by atoms with Crippen LogP contribution in [0.1, 0.15) is 21.5 Å². The lowest BCUT2D eigenvalue weighted by Crippen LogP contribution is -2.27. The summed E-state index contributed by atoms with van der Waals surface area (Å²) in [4.78, 5) is 12.8. The standard InChI is InChI=1S/C22H19ClO3/c23-20-13-7-12-19(14-20)21(24)22(25-15-17-8-3-1-4-9-17)26-16-18-10-5-2-6-11-18/h1-14,22H,15-16H2. The zero-order valence-corrected chi connectivity index (χ0v) is 14.9. The number of rotatable bonds is 8. The molecule has 0 radical (unpaired) electrons. The van der Waals surface area contributed by atoms with Crippen molar-refractivity contribution in [3.8, 4) is 0 Å². The maximum Gasteiger partial charge on any atom is 0.223 e. The molecule has 26 heavy (non-hydrogen) atoms. The van der Waals surface area contributed by atoms with Crippen molar-refractivity contribution < 1.29 is 14.3 Å². The second-order valence-corrected chi connectivity index (χ2v) is 6.24. The largest absolute Gasteiger partial charge is 0.341 e. The van der Waals surface area contributed by atoms with Crippen LogP contribution in [0.4, 0.5) is 0 Å². The Kier molecular flexibility index (Phi) is 6.56.